The minimum atomic E-state index is -0.701. The van der Waals surface area contributed by atoms with Gasteiger partial charge >= 0.3 is 12.0 Å². The molecule has 1 atom stereocenters. The Hall–Kier alpha value is -1.46. The van der Waals surface area contributed by atoms with Gasteiger partial charge in [0.25, 0.3) is 0 Å². The molecule has 1 fully saturated rings. The fourth-order valence-corrected chi connectivity index (χ4v) is 3.35. The maximum absolute atomic E-state index is 12.3. The predicted molar refractivity (Wildman–Crippen MR) is 103 cm³/mol. The Bertz CT molecular complexity index is 558. The summed E-state index contributed by atoms with van der Waals surface area (Å²) in [6, 6.07) is 6.84. The molecule has 1 aromatic carbocycles. The molecule has 5 nitrogen and oxygen atoms in total. The van der Waals surface area contributed by atoms with Crippen molar-refractivity contribution in [1.82, 2.24) is 4.90 Å². The molecule has 25 heavy (non-hydrogen) atoms. The number of hydrogen-bond donors (Lipinski definition) is 2. The Kier molecular flexibility index (Phi) is 9.08. The van der Waals surface area contributed by atoms with Crippen molar-refractivity contribution in [3.05, 3.63) is 29.3 Å². The van der Waals surface area contributed by atoms with Gasteiger partial charge in [0.05, 0.1) is 5.92 Å². The van der Waals surface area contributed by atoms with Crippen LogP contribution in [0.15, 0.2) is 24.3 Å². The molecule has 0 bridgehead atoms. The number of carboxylic acid groups (broad SMARTS) is 1. The number of anilines is 1. The van der Waals surface area contributed by atoms with E-state index in [1.807, 2.05) is 0 Å². The van der Waals surface area contributed by atoms with Crippen molar-refractivity contribution in [2.45, 2.75) is 39.0 Å². The number of nitrogens with zero attached hydrogens (tertiary/aromatic N) is 1. The van der Waals surface area contributed by atoms with Gasteiger partial charge < -0.3 is 15.3 Å². The van der Waals surface area contributed by atoms with E-state index in [1.165, 1.54) is 0 Å². The van der Waals surface area contributed by atoms with Gasteiger partial charge in [0.2, 0.25) is 0 Å². The van der Waals surface area contributed by atoms with Crippen molar-refractivity contribution in [3.63, 3.8) is 0 Å². The average molecular weight is 389 g/mol. The summed E-state index contributed by atoms with van der Waals surface area (Å²) in [4.78, 5) is 25.5. The molecule has 1 aromatic rings. The highest BCUT2D eigenvalue weighted by Gasteiger charge is 2.32. The van der Waals surface area contributed by atoms with E-state index in [0.29, 0.717) is 23.8 Å². The summed E-state index contributed by atoms with van der Waals surface area (Å²) in [5, 5.41) is 12.9. The van der Waals surface area contributed by atoms with Crippen LogP contribution in [-0.2, 0) is 4.79 Å². The second kappa shape index (κ2) is 10.5. The first-order valence-corrected chi connectivity index (χ1v) is 8.93. The van der Waals surface area contributed by atoms with Crippen molar-refractivity contribution >= 4 is 41.7 Å². The smallest absolute Gasteiger partial charge is 0.321 e. The first-order chi connectivity index (χ1) is 11.5. The first-order valence-electron chi connectivity index (χ1n) is 8.55. The molecular weight excluding hydrogens is 363 g/mol. The van der Waals surface area contributed by atoms with E-state index in [0.717, 1.165) is 32.1 Å². The lowest BCUT2D eigenvalue weighted by molar-refractivity contribution is -0.144. The number of likely N-dealkylation sites (tertiary alicyclic amines) is 1. The van der Waals surface area contributed by atoms with E-state index >= 15 is 0 Å². The Morgan fingerprint density at radius 3 is 2.40 bits per heavy atom. The fourth-order valence-electron chi connectivity index (χ4n) is 3.23. The molecule has 0 saturated carbocycles. The number of urea groups is 1. The van der Waals surface area contributed by atoms with Crippen LogP contribution in [0.2, 0.25) is 5.02 Å². The van der Waals surface area contributed by atoms with Gasteiger partial charge in [-0.05, 0) is 49.4 Å². The Morgan fingerprint density at radius 1 is 1.28 bits per heavy atom. The number of halogens is 2. The minimum absolute atomic E-state index is 0. The number of amides is 2. The van der Waals surface area contributed by atoms with Crippen molar-refractivity contribution in [2.24, 2.45) is 11.8 Å². The van der Waals surface area contributed by atoms with Gasteiger partial charge in [0, 0.05) is 23.8 Å². The zero-order valence-corrected chi connectivity index (χ0v) is 16.0. The van der Waals surface area contributed by atoms with Gasteiger partial charge in [0.15, 0.2) is 0 Å². The highest BCUT2D eigenvalue weighted by atomic mass is 35.5. The van der Waals surface area contributed by atoms with E-state index in [1.54, 1.807) is 29.2 Å². The van der Waals surface area contributed by atoms with Crippen LogP contribution < -0.4 is 5.32 Å². The summed E-state index contributed by atoms with van der Waals surface area (Å²) in [6.45, 7) is 3.27. The van der Waals surface area contributed by atoms with E-state index in [9.17, 15) is 14.7 Å². The first kappa shape index (κ1) is 21.6. The largest absolute Gasteiger partial charge is 0.481 e. The van der Waals surface area contributed by atoms with Crippen LogP contribution in [0.25, 0.3) is 0 Å². The van der Waals surface area contributed by atoms with Crippen LogP contribution in [0.4, 0.5) is 10.5 Å². The molecule has 0 radical (unpaired) electrons. The number of carbonyl (C=O) groups excluding carboxylic acids is 1. The highest BCUT2D eigenvalue weighted by molar-refractivity contribution is 6.30. The van der Waals surface area contributed by atoms with Crippen molar-refractivity contribution in [2.75, 3.05) is 18.4 Å². The Balaban J connectivity index is 0.00000312. The van der Waals surface area contributed by atoms with Crippen LogP contribution in [0.3, 0.4) is 0 Å². The molecular formula is C18H26Cl2N2O3. The second-order valence-electron chi connectivity index (χ2n) is 6.35. The number of hydrogen-bond acceptors (Lipinski definition) is 2. The average Bonchev–Trinajstić information content (AvgIpc) is 2.57. The number of benzene rings is 1. The number of unbranched alkanes of at least 4 members (excludes halogenated alkanes) is 1. The van der Waals surface area contributed by atoms with Crippen LogP contribution >= 0.6 is 24.0 Å². The third kappa shape index (κ3) is 6.40. The third-order valence-corrected chi connectivity index (χ3v) is 4.93. The van der Waals surface area contributed by atoms with Crippen LogP contribution in [-0.4, -0.2) is 35.1 Å². The quantitative estimate of drug-likeness (QED) is 0.727. The highest BCUT2D eigenvalue weighted by Crippen LogP contribution is 2.29. The molecule has 2 rings (SSSR count). The summed E-state index contributed by atoms with van der Waals surface area (Å²) in [7, 11) is 0. The van der Waals surface area contributed by atoms with Gasteiger partial charge in [-0.15, -0.1) is 12.4 Å². The van der Waals surface area contributed by atoms with Gasteiger partial charge in [-0.3, -0.25) is 4.79 Å². The molecule has 140 valence electrons. The summed E-state index contributed by atoms with van der Waals surface area (Å²) < 4.78 is 0. The fraction of sp³-hybridized carbons (Fsp3) is 0.556. The zero-order valence-electron chi connectivity index (χ0n) is 14.4. The number of carboxylic acids is 1. The normalized spacial score (nSPS) is 16.0. The molecule has 1 unspecified atom stereocenters. The molecule has 0 spiro atoms. The van der Waals surface area contributed by atoms with Crippen LogP contribution in [0, 0.1) is 11.8 Å². The van der Waals surface area contributed by atoms with E-state index < -0.39 is 5.97 Å². The predicted octanol–water partition coefficient (Wildman–Crippen LogP) is 4.90. The Morgan fingerprint density at radius 2 is 1.88 bits per heavy atom. The summed E-state index contributed by atoms with van der Waals surface area (Å²) in [6.07, 6.45) is 4.16. The lowest BCUT2D eigenvalue weighted by Crippen LogP contribution is -2.43. The topological polar surface area (TPSA) is 69.6 Å². The Labute approximate surface area is 160 Å². The van der Waals surface area contributed by atoms with Crippen molar-refractivity contribution in [1.29, 1.82) is 0 Å². The molecule has 2 amide bonds. The van der Waals surface area contributed by atoms with Gasteiger partial charge in [0.1, 0.15) is 0 Å². The van der Waals surface area contributed by atoms with Gasteiger partial charge in [-0.2, -0.15) is 0 Å². The third-order valence-electron chi connectivity index (χ3n) is 4.68. The van der Waals surface area contributed by atoms with Crippen LogP contribution in [0.5, 0.6) is 0 Å². The molecule has 2 N–H and O–H groups in total. The number of piperidine rings is 1. The van der Waals surface area contributed by atoms with E-state index in [2.05, 4.69) is 12.2 Å². The van der Waals surface area contributed by atoms with E-state index in [-0.39, 0.29) is 30.3 Å². The van der Waals surface area contributed by atoms with Crippen molar-refractivity contribution < 1.29 is 14.7 Å². The minimum Gasteiger partial charge on any atom is -0.481 e. The van der Waals surface area contributed by atoms with Crippen molar-refractivity contribution in [3.8, 4) is 0 Å². The number of nitrogens with one attached hydrogen (secondary N) is 1. The molecule has 7 heteroatoms. The molecule has 0 aliphatic carbocycles. The molecule has 1 saturated heterocycles. The zero-order chi connectivity index (χ0) is 17.5. The summed E-state index contributed by atoms with van der Waals surface area (Å²) >= 11 is 5.83. The maximum atomic E-state index is 12.3. The van der Waals surface area contributed by atoms with Gasteiger partial charge in [-0.25, -0.2) is 4.79 Å². The maximum Gasteiger partial charge on any atom is 0.321 e. The summed E-state index contributed by atoms with van der Waals surface area (Å²) in [5.74, 6) is -0.826. The monoisotopic (exact) mass is 388 g/mol. The molecule has 0 aromatic heterocycles. The summed E-state index contributed by atoms with van der Waals surface area (Å²) in [5.41, 5.74) is 0.706. The number of carbonyl (C=O) groups is 2. The van der Waals surface area contributed by atoms with E-state index in [4.69, 9.17) is 11.6 Å². The lowest BCUT2D eigenvalue weighted by Gasteiger charge is -2.34. The van der Waals surface area contributed by atoms with Gasteiger partial charge in [-0.1, -0.05) is 31.4 Å². The standard InChI is InChI=1S/C18H25ClN2O3.ClH/c1-2-3-4-16(17(22)23)13-9-11-21(12-10-13)18(24)20-15-7-5-14(19)6-8-15;/h5-8,13,16H,2-4,9-12H2,1H3,(H,20,24)(H,22,23);1H. The second-order valence-corrected chi connectivity index (χ2v) is 6.78. The molecule has 1 heterocycles. The number of rotatable bonds is 6. The molecule has 1 aliphatic heterocycles. The lowest BCUT2D eigenvalue weighted by atomic mass is 9.81. The molecule has 1 aliphatic rings. The SMILES string of the molecule is CCCCC(C(=O)O)C1CCN(C(=O)Nc2ccc(Cl)cc2)CC1.Cl. The van der Waals surface area contributed by atoms with Crippen LogP contribution in [0.1, 0.15) is 39.0 Å². The number of aliphatic carboxylic acids is 1.